The molecule has 4 rings (SSSR count). The molecule has 1 aromatic carbocycles. The first-order valence-corrected chi connectivity index (χ1v) is 9.23. The molecule has 134 valence electrons. The predicted molar refractivity (Wildman–Crippen MR) is 99.2 cm³/mol. The second-order valence-electron chi connectivity index (χ2n) is 6.05. The quantitative estimate of drug-likeness (QED) is 0.693. The normalized spacial score (nSPS) is 16.2. The maximum absolute atomic E-state index is 13.0. The molecule has 5 nitrogen and oxygen atoms in total. The highest BCUT2D eigenvalue weighted by Crippen LogP contribution is 2.42. The van der Waals surface area contributed by atoms with E-state index in [4.69, 9.17) is 13.9 Å². The highest BCUT2D eigenvalue weighted by atomic mass is 32.1. The third-order valence-corrected chi connectivity index (χ3v) is 5.60. The molecule has 1 aliphatic heterocycles. The number of hydrogen-bond acceptors (Lipinski definition) is 5. The maximum atomic E-state index is 13.0. The standard InChI is InChI=1S/C20H19NO4S/c1-23-16-11-13-7-8-21(20(22)15-5-3-9-25-15)19(18-6-4-10-26-18)14(13)12-17(16)24-2/h3-6,9-12,19H,7-8H2,1-2H3/t19-/m0/s1. The van der Waals surface area contributed by atoms with Gasteiger partial charge in [-0.1, -0.05) is 6.07 Å². The van der Waals surface area contributed by atoms with Crippen LogP contribution in [-0.2, 0) is 6.42 Å². The van der Waals surface area contributed by atoms with Gasteiger partial charge in [-0.15, -0.1) is 11.3 Å². The number of nitrogens with zero attached hydrogens (tertiary/aromatic N) is 1. The van der Waals surface area contributed by atoms with E-state index in [-0.39, 0.29) is 11.9 Å². The average Bonchev–Trinajstić information content (AvgIpc) is 3.39. The van der Waals surface area contributed by atoms with Crippen LogP contribution in [0.1, 0.15) is 32.6 Å². The van der Waals surface area contributed by atoms with Gasteiger partial charge < -0.3 is 18.8 Å². The molecule has 0 N–H and O–H groups in total. The van der Waals surface area contributed by atoms with Crippen molar-refractivity contribution in [1.29, 1.82) is 0 Å². The number of ether oxygens (including phenoxy) is 2. The van der Waals surface area contributed by atoms with Crippen LogP contribution >= 0.6 is 11.3 Å². The summed E-state index contributed by atoms with van der Waals surface area (Å²) >= 11 is 1.64. The van der Waals surface area contributed by atoms with E-state index in [1.807, 2.05) is 28.5 Å². The van der Waals surface area contributed by atoms with Gasteiger partial charge in [-0.2, -0.15) is 0 Å². The zero-order chi connectivity index (χ0) is 18.1. The molecule has 2 aromatic heterocycles. The summed E-state index contributed by atoms with van der Waals surface area (Å²) in [6.45, 7) is 0.616. The molecule has 3 aromatic rings. The zero-order valence-corrected chi connectivity index (χ0v) is 15.4. The predicted octanol–water partition coefficient (Wildman–Crippen LogP) is 4.15. The van der Waals surface area contributed by atoms with Gasteiger partial charge in [-0.25, -0.2) is 0 Å². The summed E-state index contributed by atoms with van der Waals surface area (Å²) in [5, 5.41) is 2.03. The number of fused-ring (bicyclic) bond motifs is 1. The minimum Gasteiger partial charge on any atom is -0.493 e. The first-order valence-electron chi connectivity index (χ1n) is 8.35. The molecule has 0 bridgehead atoms. The Labute approximate surface area is 155 Å². The number of benzene rings is 1. The smallest absolute Gasteiger partial charge is 0.290 e. The number of rotatable bonds is 4. The summed E-state index contributed by atoms with van der Waals surface area (Å²) in [5.74, 6) is 1.63. The van der Waals surface area contributed by atoms with E-state index in [2.05, 4.69) is 6.07 Å². The van der Waals surface area contributed by atoms with Crippen LogP contribution in [-0.4, -0.2) is 31.6 Å². The second kappa shape index (κ2) is 6.88. The fourth-order valence-corrected chi connectivity index (χ4v) is 4.31. The molecular weight excluding hydrogens is 350 g/mol. The highest BCUT2D eigenvalue weighted by molar-refractivity contribution is 7.10. The maximum Gasteiger partial charge on any atom is 0.290 e. The van der Waals surface area contributed by atoms with Gasteiger partial charge in [-0.3, -0.25) is 4.79 Å². The van der Waals surface area contributed by atoms with Gasteiger partial charge in [-0.05, 0) is 53.3 Å². The fraction of sp³-hybridized carbons (Fsp3) is 0.250. The minimum absolute atomic E-state index is 0.103. The fourth-order valence-electron chi connectivity index (χ4n) is 3.46. The Bertz CT molecular complexity index is 902. The van der Waals surface area contributed by atoms with Gasteiger partial charge in [0.2, 0.25) is 0 Å². The van der Waals surface area contributed by atoms with Crippen molar-refractivity contribution in [2.45, 2.75) is 12.5 Å². The molecule has 0 saturated carbocycles. The van der Waals surface area contributed by atoms with Crippen LogP contribution in [0.2, 0.25) is 0 Å². The molecule has 0 radical (unpaired) electrons. The van der Waals surface area contributed by atoms with E-state index in [1.165, 1.54) is 11.8 Å². The number of amides is 1. The molecule has 3 heterocycles. The molecule has 0 fully saturated rings. The molecule has 1 amide bonds. The van der Waals surface area contributed by atoms with Crippen LogP contribution in [0.4, 0.5) is 0 Å². The molecule has 0 aliphatic carbocycles. The molecule has 0 unspecified atom stereocenters. The van der Waals surface area contributed by atoms with Gasteiger partial charge in [0.15, 0.2) is 17.3 Å². The van der Waals surface area contributed by atoms with Crippen molar-refractivity contribution < 1.29 is 18.7 Å². The molecule has 1 atom stereocenters. The Hall–Kier alpha value is -2.73. The third kappa shape index (κ3) is 2.76. The monoisotopic (exact) mass is 369 g/mol. The van der Waals surface area contributed by atoms with E-state index in [0.29, 0.717) is 23.8 Å². The van der Waals surface area contributed by atoms with Gasteiger partial charge in [0, 0.05) is 11.4 Å². The molecule has 0 spiro atoms. The lowest BCUT2D eigenvalue weighted by Gasteiger charge is -2.37. The van der Waals surface area contributed by atoms with E-state index in [9.17, 15) is 4.79 Å². The van der Waals surface area contributed by atoms with Crippen LogP contribution < -0.4 is 9.47 Å². The van der Waals surface area contributed by atoms with Crippen molar-refractivity contribution >= 4 is 17.2 Å². The Morgan fingerprint density at radius 1 is 1.19 bits per heavy atom. The zero-order valence-electron chi connectivity index (χ0n) is 14.6. The number of thiophene rings is 1. The summed E-state index contributed by atoms with van der Waals surface area (Å²) in [7, 11) is 3.26. The van der Waals surface area contributed by atoms with E-state index >= 15 is 0 Å². The van der Waals surface area contributed by atoms with Crippen LogP contribution in [0.3, 0.4) is 0 Å². The van der Waals surface area contributed by atoms with Crippen LogP contribution in [0, 0.1) is 0 Å². The highest BCUT2D eigenvalue weighted by Gasteiger charge is 2.35. The largest absolute Gasteiger partial charge is 0.493 e. The van der Waals surface area contributed by atoms with Gasteiger partial charge in [0.05, 0.1) is 26.5 Å². The van der Waals surface area contributed by atoms with Crippen LogP contribution in [0.15, 0.2) is 52.5 Å². The number of carbonyl (C=O) groups excluding carboxylic acids is 1. The molecule has 6 heteroatoms. The van der Waals surface area contributed by atoms with Crippen LogP contribution in [0.25, 0.3) is 0 Å². The Morgan fingerprint density at radius 2 is 2.00 bits per heavy atom. The Balaban J connectivity index is 1.83. The van der Waals surface area contributed by atoms with Crippen molar-refractivity contribution in [2.75, 3.05) is 20.8 Å². The summed E-state index contributed by atoms with van der Waals surface area (Å²) < 4.78 is 16.3. The second-order valence-corrected chi connectivity index (χ2v) is 7.03. The van der Waals surface area contributed by atoms with Crippen molar-refractivity contribution in [1.82, 2.24) is 4.90 Å². The van der Waals surface area contributed by atoms with E-state index in [1.54, 1.807) is 37.7 Å². The van der Waals surface area contributed by atoms with E-state index in [0.717, 1.165) is 16.9 Å². The van der Waals surface area contributed by atoms with E-state index < -0.39 is 0 Å². The lowest BCUT2D eigenvalue weighted by molar-refractivity contribution is 0.0664. The SMILES string of the molecule is COc1cc2c(cc1OC)[C@@H](c1cccs1)N(C(=O)c1ccco1)CC2. The topological polar surface area (TPSA) is 51.9 Å². The lowest BCUT2D eigenvalue weighted by atomic mass is 9.90. The lowest BCUT2D eigenvalue weighted by Crippen LogP contribution is -2.40. The molecular formula is C20H19NO4S. The number of carbonyl (C=O) groups is 1. The van der Waals surface area contributed by atoms with Gasteiger partial charge in [0.25, 0.3) is 5.91 Å². The average molecular weight is 369 g/mol. The van der Waals surface area contributed by atoms with Gasteiger partial charge in [0.1, 0.15) is 0 Å². The van der Waals surface area contributed by atoms with Crippen molar-refractivity contribution in [3.63, 3.8) is 0 Å². The Kier molecular flexibility index (Phi) is 4.42. The van der Waals surface area contributed by atoms with Gasteiger partial charge >= 0.3 is 0 Å². The summed E-state index contributed by atoms with van der Waals surface area (Å²) in [6, 6.07) is 11.3. The molecule has 0 saturated heterocycles. The molecule has 26 heavy (non-hydrogen) atoms. The van der Waals surface area contributed by atoms with Crippen molar-refractivity contribution in [2.24, 2.45) is 0 Å². The summed E-state index contributed by atoms with van der Waals surface area (Å²) in [5.41, 5.74) is 2.24. The van der Waals surface area contributed by atoms with Crippen molar-refractivity contribution in [3.05, 3.63) is 69.8 Å². The number of methoxy groups -OCH3 is 2. The Morgan fingerprint density at radius 3 is 2.65 bits per heavy atom. The first kappa shape index (κ1) is 16.7. The number of hydrogen-bond donors (Lipinski definition) is 0. The van der Waals surface area contributed by atoms with Crippen molar-refractivity contribution in [3.8, 4) is 11.5 Å². The summed E-state index contributed by atoms with van der Waals surface area (Å²) in [4.78, 5) is 16.0. The van der Waals surface area contributed by atoms with Crippen LogP contribution in [0.5, 0.6) is 11.5 Å². The number of furan rings is 1. The summed E-state index contributed by atoms with van der Waals surface area (Å²) in [6.07, 6.45) is 2.28. The first-order chi connectivity index (χ1) is 12.7. The molecule has 1 aliphatic rings. The minimum atomic E-state index is -0.170. The third-order valence-electron chi connectivity index (χ3n) is 4.68.